The molecule has 0 saturated heterocycles. The molecule has 0 atom stereocenters. The van der Waals surface area contributed by atoms with E-state index in [4.69, 9.17) is 21.3 Å². The number of ether oxygens (including phenoxy) is 1. The van der Waals surface area contributed by atoms with Crippen molar-refractivity contribution in [1.29, 1.82) is 0 Å². The number of rotatable bonds is 7. The van der Waals surface area contributed by atoms with E-state index in [1.165, 1.54) is 0 Å². The topological polar surface area (TPSA) is 142 Å². The third-order valence-electron chi connectivity index (χ3n) is 6.03. The van der Waals surface area contributed by atoms with E-state index >= 15 is 0 Å². The SMILES string of the molecule is CC(C)n1nc(COc2ccccc2CC(=O)O)c2cc(-c3ccc4c(N)nc(N)nc4c3)ccc21. The average Bonchev–Trinajstić information content (AvgIpc) is 3.21. The molecule has 0 aliphatic heterocycles. The van der Waals surface area contributed by atoms with E-state index in [-0.39, 0.29) is 25.0 Å². The minimum Gasteiger partial charge on any atom is -0.487 e. The molecule has 0 unspecified atom stereocenters. The number of hydrogen-bond donors (Lipinski definition) is 3. The lowest BCUT2D eigenvalue weighted by molar-refractivity contribution is -0.136. The van der Waals surface area contributed by atoms with Gasteiger partial charge in [-0.25, -0.2) is 4.98 Å². The number of nitrogens with two attached hydrogens (primary N) is 2. The summed E-state index contributed by atoms with van der Waals surface area (Å²) in [5.41, 5.74) is 16.8. The Bertz CT molecular complexity index is 1610. The van der Waals surface area contributed by atoms with Crippen molar-refractivity contribution in [2.24, 2.45) is 0 Å². The van der Waals surface area contributed by atoms with Crippen LogP contribution in [0.1, 0.15) is 31.1 Å². The fraction of sp³-hybridized carbons (Fsp3) is 0.185. The second-order valence-electron chi connectivity index (χ2n) is 8.88. The fourth-order valence-corrected chi connectivity index (χ4v) is 4.34. The predicted octanol–water partition coefficient (Wildman–Crippen LogP) is 4.60. The van der Waals surface area contributed by atoms with Gasteiger partial charge in [-0.3, -0.25) is 9.48 Å². The van der Waals surface area contributed by atoms with Gasteiger partial charge in [0.05, 0.1) is 17.5 Å². The Morgan fingerprint density at radius 1 is 1.00 bits per heavy atom. The molecule has 2 aromatic heterocycles. The van der Waals surface area contributed by atoms with Crippen molar-refractivity contribution in [3.8, 4) is 16.9 Å². The van der Waals surface area contributed by atoms with Crippen molar-refractivity contribution in [3.05, 3.63) is 71.9 Å². The molecule has 2 heterocycles. The highest BCUT2D eigenvalue weighted by atomic mass is 16.5. The van der Waals surface area contributed by atoms with Crippen molar-refractivity contribution >= 4 is 39.5 Å². The number of benzene rings is 3. The summed E-state index contributed by atoms with van der Waals surface area (Å²) in [7, 11) is 0. The molecule has 9 heteroatoms. The van der Waals surface area contributed by atoms with Crippen molar-refractivity contribution in [3.63, 3.8) is 0 Å². The lowest BCUT2D eigenvalue weighted by atomic mass is 10.0. The molecule has 0 spiro atoms. The van der Waals surface area contributed by atoms with Crippen molar-refractivity contribution in [2.45, 2.75) is 32.9 Å². The van der Waals surface area contributed by atoms with Crippen LogP contribution in [-0.4, -0.2) is 30.8 Å². The van der Waals surface area contributed by atoms with Gasteiger partial charge in [0.15, 0.2) is 0 Å². The molecule has 0 fully saturated rings. The predicted molar refractivity (Wildman–Crippen MR) is 140 cm³/mol. The first-order valence-electron chi connectivity index (χ1n) is 11.6. The maximum atomic E-state index is 11.2. The number of nitrogen functional groups attached to an aromatic ring is 2. The summed E-state index contributed by atoms with van der Waals surface area (Å²) in [6.07, 6.45) is -0.109. The first kappa shape index (κ1) is 23.1. The van der Waals surface area contributed by atoms with Crippen LogP contribution >= 0.6 is 0 Å². The van der Waals surface area contributed by atoms with E-state index in [0.717, 1.165) is 33.1 Å². The molecule has 0 amide bonds. The molecular formula is C27H26N6O3. The van der Waals surface area contributed by atoms with Gasteiger partial charge in [-0.15, -0.1) is 0 Å². The van der Waals surface area contributed by atoms with Crippen molar-refractivity contribution in [2.75, 3.05) is 11.5 Å². The van der Waals surface area contributed by atoms with Gasteiger partial charge < -0.3 is 21.3 Å². The van der Waals surface area contributed by atoms with Gasteiger partial charge in [0.2, 0.25) is 5.95 Å². The first-order valence-corrected chi connectivity index (χ1v) is 11.6. The van der Waals surface area contributed by atoms with Crippen LogP contribution in [0.3, 0.4) is 0 Å². The van der Waals surface area contributed by atoms with Crippen LogP contribution in [0.15, 0.2) is 60.7 Å². The Morgan fingerprint density at radius 2 is 1.75 bits per heavy atom. The first-order chi connectivity index (χ1) is 17.3. The molecule has 36 heavy (non-hydrogen) atoms. The van der Waals surface area contributed by atoms with Crippen LogP contribution in [0.4, 0.5) is 11.8 Å². The molecule has 5 aromatic rings. The van der Waals surface area contributed by atoms with E-state index in [1.54, 1.807) is 18.2 Å². The highest BCUT2D eigenvalue weighted by Gasteiger charge is 2.16. The van der Waals surface area contributed by atoms with Crippen LogP contribution in [0.25, 0.3) is 32.9 Å². The quantitative estimate of drug-likeness (QED) is 0.305. The smallest absolute Gasteiger partial charge is 0.307 e. The average molecular weight is 483 g/mol. The van der Waals surface area contributed by atoms with E-state index in [2.05, 4.69) is 29.9 Å². The number of nitrogens with zero attached hydrogens (tertiary/aromatic N) is 4. The molecule has 0 aliphatic rings. The number of carbonyl (C=O) groups is 1. The summed E-state index contributed by atoms with van der Waals surface area (Å²) in [4.78, 5) is 19.6. The van der Waals surface area contributed by atoms with Gasteiger partial charge in [-0.2, -0.15) is 10.1 Å². The number of fused-ring (bicyclic) bond motifs is 2. The highest BCUT2D eigenvalue weighted by molar-refractivity contribution is 5.93. The molecule has 0 bridgehead atoms. The monoisotopic (exact) mass is 482 g/mol. The lowest BCUT2D eigenvalue weighted by Gasteiger charge is -2.09. The second-order valence-corrected chi connectivity index (χ2v) is 8.88. The maximum Gasteiger partial charge on any atom is 0.307 e. The Morgan fingerprint density at radius 3 is 2.53 bits per heavy atom. The third-order valence-corrected chi connectivity index (χ3v) is 6.03. The minimum absolute atomic E-state index is 0.109. The lowest BCUT2D eigenvalue weighted by Crippen LogP contribution is -2.06. The summed E-state index contributed by atoms with van der Waals surface area (Å²) in [6.45, 7) is 4.35. The summed E-state index contributed by atoms with van der Waals surface area (Å²) in [5.74, 6) is 0.107. The molecule has 5 N–H and O–H groups in total. The Kier molecular flexibility index (Phi) is 5.89. The van der Waals surface area contributed by atoms with Gasteiger partial charge in [0.1, 0.15) is 23.9 Å². The van der Waals surface area contributed by atoms with Gasteiger partial charge in [0, 0.05) is 22.4 Å². The normalized spacial score (nSPS) is 11.4. The Labute approximate surface area is 207 Å². The van der Waals surface area contributed by atoms with Crippen LogP contribution in [0.2, 0.25) is 0 Å². The number of para-hydroxylation sites is 1. The molecular weight excluding hydrogens is 456 g/mol. The van der Waals surface area contributed by atoms with Gasteiger partial charge in [-0.05, 0) is 55.3 Å². The summed E-state index contributed by atoms with van der Waals surface area (Å²) < 4.78 is 8.04. The zero-order chi connectivity index (χ0) is 25.4. The molecule has 0 aliphatic carbocycles. The Hall–Kier alpha value is -4.66. The maximum absolute atomic E-state index is 11.2. The standard InChI is InChI=1S/C27H26N6O3/c1-15(2)33-23-10-8-16(17-7-9-19-21(12-17)30-27(29)31-26(19)28)11-20(23)22(32-33)14-36-24-6-4-3-5-18(24)13-25(34)35/h3-12,15H,13-14H2,1-2H3,(H,34,35)(H4,28,29,30,31). The van der Waals surface area contributed by atoms with Crippen molar-refractivity contribution in [1.82, 2.24) is 19.7 Å². The second kappa shape index (κ2) is 9.18. The third kappa shape index (κ3) is 4.38. The largest absolute Gasteiger partial charge is 0.487 e. The van der Waals surface area contributed by atoms with Crippen LogP contribution in [0.5, 0.6) is 5.75 Å². The van der Waals surface area contributed by atoms with E-state index in [0.29, 0.717) is 22.6 Å². The molecule has 5 rings (SSSR count). The number of carboxylic acid groups (broad SMARTS) is 1. The van der Waals surface area contributed by atoms with Crippen molar-refractivity contribution < 1.29 is 14.6 Å². The number of aliphatic carboxylic acids is 1. The van der Waals surface area contributed by atoms with Crippen LogP contribution in [-0.2, 0) is 17.8 Å². The minimum atomic E-state index is -0.908. The zero-order valence-corrected chi connectivity index (χ0v) is 20.0. The molecule has 0 radical (unpaired) electrons. The highest BCUT2D eigenvalue weighted by Crippen LogP contribution is 2.31. The fourth-order valence-electron chi connectivity index (χ4n) is 4.34. The zero-order valence-electron chi connectivity index (χ0n) is 20.0. The van der Waals surface area contributed by atoms with E-state index < -0.39 is 5.97 Å². The summed E-state index contributed by atoms with van der Waals surface area (Å²) in [5, 5.41) is 15.8. The number of aromatic nitrogens is 4. The molecule has 3 aromatic carbocycles. The van der Waals surface area contributed by atoms with Gasteiger partial charge in [-0.1, -0.05) is 30.3 Å². The van der Waals surface area contributed by atoms with E-state index in [9.17, 15) is 9.90 Å². The summed E-state index contributed by atoms with van der Waals surface area (Å²) >= 11 is 0. The number of anilines is 2. The molecule has 182 valence electrons. The number of carboxylic acids is 1. The van der Waals surface area contributed by atoms with Crippen LogP contribution in [0, 0.1) is 0 Å². The van der Waals surface area contributed by atoms with Gasteiger partial charge >= 0.3 is 5.97 Å². The molecule has 9 nitrogen and oxygen atoms in total. The summed E-state index contributed by atoms with van der Waals surface area (Å²) in [6, 6.07) is 19.3. The van der Waals surface area contributed by atoms with Gasteiger partial charge in [0.25, 0.3) is 0 Å². The molecule has 0 saturated carbocycles. The Balaban J connectivity index is 1.54. The number of hydrogen-bond acceptors (Lipinski definition) is 7. The van der Waals surface area contributed by atoms with Crippen LogP contribution < -0.4 is 16.2 Å². The van der Waals surface area contributed by atoms with E-state index in [1.807, 2.05) is 41.1 Å².